The standard InChI is InChI=1S/C25H19N3O4/c1-15-22(23(28-32-15)16-6-3-2-4-7-16)24(29)20-14-26-21-12-17(9-10-19(20)21)25(30)27-13-18-8-5-11-31-18/h2-12,14,26H,13H2,1H3,(H,27,30). The van der Waals surface area contributed by atoms with Crippen molar-refractivity contribution in [1.29, 1.82) is 0 Å². The Balaban J connectivity index is 1.44. The van der Waals surface area contributed by atoms with E-state index in [1.54, 1.807) is 49.7 Å². The highest BCUT2D eigenvalue weighted by atomic mass is 16.5. The summed E-state index contributed by atoms with van der Waals surface area (Å²) in [4.78, 5) is 29.0. The number of furan rings is 1. The van der Waals surface area contributed by atoms with E-state index in [0.717, 1.165) is 10.9 Å². The molecule has 2 aromatic carbocycles. The SMILES string of the molecule is Cc1onc(-c2ccccc2)c1C(=O)c1c[nH]c2cc(C(=O)NCc3ccco3)ccc12. The number of aryl methyl sites for hydroxylation is 1. The third-order valence-corrected chi connectivity index (χ3v) is 5.33. The first-order valence-corrected chi connectivity index (χ1v) is 10.1. The van der Waals surface area contributed by atoms with Crippen LogP contribution >= 0.6 is 0 Å². The minimum absolute atomic E-state index is 0.191. The van der Waals surface area contributed by atoms with Crippen molar-refractivity contribution >= 4 is 22.6 Å². The van der Waals surface area contributed by atoms with Crippen LogP contribution in [0.15, 0.2) is 82.1 Å². The van der Waals surface area contributed by atoms with Gasteiger partial charge in [0.2, 0.25) is 5.78 Å². The van der Waals surface area contributed by atoms with E-state index in [1.165, 1.54) is 0 Å². The fourth-order valence-corrected chi connectivity index (χ4v) is 3.71. The number of carbonyl (C=O) groups excluding carboxylic acids is 2. The van der Waals surface area contributed by atoms with Gasteiger partial charge in [0.1, 0.15) is 17.2 Å². The predicted molar refractivity (Wildman–Crippen MR) is 118 cm³/mol. The van der Waals surface area contributed by atoms with E-state index in [0.29, 0.717) is 46.0 Å². The Morgan fingerprint density at radius 2 is 1.91 bits per heavy atom. The molecule has 32 heavy (non-hydrogen) atoms. The van der Waals surface area contributed by atoms with Crippen LogP contribution in [0.25, 0.3) is 22.2 Å². The predicted octanol–water partition coefficient (Wildman–Crippen LogP) is 4.89. The minimum atomic E-state index is -0.230. The van der Waals surface area contributed by atoms with Gasteiger partial charge in [0.15, 0.2) is 0 Å². The third kappa shape index (κ3) is 3.50. The van der Waals surface area contributed by atoms with Crippen molar-refractivity contribution in [3.63, 3.8) is 0 Å². The van der Waals surface area contributed by atoms with E-state index in [2.05, 4.69) is 15.5 Å². The van der Waals surface area contributed by atoms with Crippen LogP contribution in [0.5, 0.6) is 0 Å². The van der Waals surface area contributed by atoms with Crippen molar-refractivity contribution in [3.8, 4) is 11.3 Å². The molecule has 1 amide bonds. The van der Waals surface area contributed by atoms with Crippen molar-refractivity contribution in [2.45, 2.75) is 13.5 Å². The van der Waals surface area contributed by atoms with Gasteiger partial charge in [-0.05, 0) is 31.2 Å². The maximum Gasteiger partial charge on any atom is 0.251 e. The summed E-state index contributed by atoms with van der Waals surface area (Å²) in [6.45, 7) is 2.02. The third-order valence-electron chi connectivity index (χ3n) is 5.33. The van der Waals surface area contributed by atoms with Crippen molar-refractivity contribution in [2.24, 2.45) is 0 Å². The smallest absolute Gasteiger partial charge is 0.251 e. The number of ketones is 1. The molecule has 0 saturated carbocycles. The number of benzene rings is 2. The van der Waals surface area contributed by atoms with Gasteiger partial charge in [-0.3, -0.25) is 9.59 Å². The molecule has 7 nitrogen and oxygen atoms in total. The van der Waals surface area contributed by atoms with Gasteiger partial charge in [-0.25, -0.2) is 0 Å². The summed E-state index contributed by atoms with van der Waals surface area (Å²) in [7, 11) is 0. The number of rotatable bonds is 6. The monoisotopic (exact) mass is 425 g/mol. The zero-order valence-electron chi connectivity index (χ0n) is 17.2. The minimum Gasteiger partial charge on any atom is -0.467 e. The number of aromatic nitrogens is 2. The maximum absolute atomic E-state index is 13.4. The van der Waals surface area contributed by atoms with E-state index < -0.39 is 0 Å². The van der Waals surface area contributed by atoms with Crippen molar-refractivity contribution < 1.29 is 18.5 Å². The lowest BCUT2D eigenvalue weighted by Gasteiger charge is -2.05. The molecule has 5 rings (SSSR count). The molecule has 0 atom stereocenters. The molecular weight excluding hydrogens is 406 g/mol. The van der Waals surface area contributed by atoms with Crippen molar-refractivity contribution in [3.05, 3.63) is 101 Å². The van der Waals surface area contributed by atoms with Crippen LogP contribution in [-0.2, 0) is 6.54 Å². The average Bonchev–Trinajstić information content (AvgIpc) is 3.57. The quantitative estimate of drug-likeness (QED) is 0.377. The van der Waals surface area contributed by atoms with Crippen LogP contribution in [0.4, 0.5) is 0 Å². The first kappa shape index (κ1) is 19.6. The van der Waals surface area contributed by atoms with Gasteiger partial charge in [0.25, 0.3) is 5.91 Å². The highest BCUT2D eigenvalue weighted by Crippen LogP contribution is 2.30. The Kier molecular flexibility index (Phi) is 4.91. The van der Waals surface area contributed by atoms with Crippen LogP contribution in [0.2, 0.25) is 0 Å². The number of aromatic amines is 1. The molecule has 0 aliphatic carbocycles. The van der Waals surface area contributed by atoms with E-state index >= 15 is 0 Å². The molecule has 3 aromatic heterocycles. The highest BCUT2D eigenvalue weighted by Gasteiger charge is 2.25. The molecule has 7 heteroatoms. The molecule has 0 saturated heterocycles. The molecule has 0 unspecified atom stereocenters. The summed E-state index contributed by atoms with van der Waals surface area (Å²) < 4.78 is 10.6. The molecule has 3 heterocycles. The van der Waals surface area contributed by atoms with Gasteiger partial charge in [0, 0.05) is 33.8 Å². The van der Waals surface area contributed by atoms with Crippen LogP contribution in [0.3, 0.4) is 0 Å². The van der Waals surface area contributed by atoms with Crippen molar-refractivity contribution in [2.75, 3.05) is 0 Å². The zero-order valence-corrected chi connectivity index (χ0v) is 17.2. The topological polar surface area (TPSA) is 101 Å². The van der Waals surface area contributed by atoms with Crippen LogP contribution < -0.4 is 5.32 Å². The van der Waals surface area contributed by atoms with E-state index in [-0.39, 0.29) is 11.7 Å². The van der Waals surface area contributed by atoms with Crippen molar-refractivity contribution in [1.82, 2.24) is 15.5 Å². The van der Waals surface area contributed by atoms with Crippen LogP contribution in [-0.4, -0.2) is 21.8 Å². The highest BCUT2D eigenvalue weighted by molar-refractivity contribution is 6.19. The Morgan fingerprint density at radius 3 is 2.69 bits per heavy atom. The van der Waals surface area contributed by atoms with Gasteiger partial charge in [-0.1, -0.05) is 41.6 Å². The van der Waals surface area contributed by atoms with Gasteiger partial charge in [-0.15, -0.1) is 0 Å². The molecule has 0 bridgehead atoms. The molecule has 0 aliphatic heterocycles. The Morgan fingerprint density at radius 1 is 1.06 bits per heavy atom. The molecule has 2 N–H and O–H groups in total. The summed E-state index contributed by atoms with van der Waals surface area (Å²) in [6.07, 6.45) is 3.21. The summed E-state index contributed by atoms with van der Waals surface area (Å²) in [5.74, 6) is 0.707. The van der Waals surface area contributed by atoms with Gasteiger partial charge < -0.3 is 19.2 Å². The molecule has 0 spiro atoms. The normalized spacial score (nSPS) is 11.0. The van der Waals surface area contributed by atoms with Gasteiger partial charge >= 0.3 is 0 Å². The summed E-state index contributed by atoms with van der Waals surface area (Å²) in [6, 6.07) is 18.2. The number of carbonyl (C=O) groups is 2. The second-order valence-corrected chi connectivity index (χ2v) is 7.38. The number of hydrogen-bond acceptors (Lipinski definition) is 5. The number of amides is 1. The Labute approximate surface area is 183 Å². The first-order chi connectivity index (χ1) is 15.6. The lowest BCUT2D eigenvalue weighted by atomic mass is 9.97. The fourth-order valence-electron chi connectivity index (χ4n) is 3.71. The number of fused-ring (bicyclic) bond motifs is 1. The molecule has 5 aromatic rings. The molecule has 0 radical (unpaired) electrons. The van der Waals surface area contributed by atoms with Gasteiger partial charge in [0.05, 0.1) is 18.4 Å². The molecule has 0 aliphatic rings. The molecular formula is C25H19N3O4. The van der Waals surface area contributed by atoms with Crippen LogP contribution in [0.1, 0.15) is 37.8 Å². The molecule has 0 fully saturated rings. The van der Waals surface area contributed by atoms with E-state index in [4.69, 9.17) is 8.94 Å². The number of nitrogens with zero attached hydrogens (tertiary/aromatic N) is 1. The second kappa shape index (κ2) is 8.03. The summed E-state index contributed by atoms with van der Waals surface area (Å²) in [5.41, 5.74) is 3.41. The fraction of sp³-hybridized carbons (Fsp3) is 0.0800. The number of hydrogen-bond donors (Lipinski definition) is 2. The van der Waals surface area contributed by atoms with Crippen LogP contribution in [0, 0.1) is 6.92 Å². The zero-order chi connectivity index (χ0) is 22.1. The number of nitrogens with one attached hydrogen (secondary N) is 2. The first-order valence-electron chi connectivity index (χ1n) is 10.1. The Hall–Kier alpha value is -4.39. The average molecular weight is 425 g/mol. The van der Waals surface area contributed by atoms with Gasteiger partial charge in [-0.2, -0.15) is 0 Å². The summed E-state index contributed by atoms with van der Waals surface area (Å²) >= 11 is 0. The second-order valence-electron chi connectivity index (χ2n) is 7.38. The van der Waals surface area contributed by atoms with E-state index in [9.17, 15) is 9.59 Å². The lowest BCUT2D eigenvalue weighted by Crippen LogP contribution is -2.22. The summed E-state index contributed by atoms with van der Waals surface area (Å²) in [5, 5.41) is 7.65. The van der Waals surface area contributed by atoms with E-state index in [1.807, 2.05) is 30.3 Å². The largest absolute Gasteiger partial charge is 0.467 e. The maximum atomic E-state index is 13.4. The lowest BCUT2D eigenvalue weighted by molar-refractivity contribution is 0.0947. The Bertz CT molecular complexity index is 1410. The molecule has 158 valence electrons. The number of H-pyrrole nitrogens is 1.